The van der Waals surface area contributed by atoms with E-state index in [1.165, 1.54) is 5.56 Å². The van der Waals surface area contributed by atoms with Gasteiger partial charge in [-0.2, -0.15) is 0 Å². The Labute approximate surface area is 146 Å². The summed E-state index contributed by atoms with van der Waals surface area (Å²) in [5.74, 6) is 0.496. The molecule has 3 rings (SSSR count). The highest BCUT2D eigenvalue weighted by atomic mass is 35.5. The van der Waals surface area contributed by atoms with Crippen molar-refractivity contribution in [1.29, 1.82) is 0 Å². The summed E-state index contributed by atoms with van der Waals surface area (Å²) < 4.78 is 5.69. The second kappa shape index (κ2) is 8.13. The minimum atomic E-state index is -0.133. The molecule has 5 nitrogen and oxygen atoms in total. The molecule has 2 aromatic rings. The van der Waals surface area contributed by atoms with Crippen LogP contribution in [0.1, 0.15) is 12.0 Å². The molecule has 1 aromatic carbocycles. The number of benzene rings is 1. The van der Waals surface area contributed by atoms with Gasteiger partial charge in [0.1, 0.15) is 0 Å². The van der Waals surface area contributed by atoms with Crippen LogP contribution < -0.4 is 5.32 Å². The van der Waals surface area contributed by atoms with Crippen LogP contribution in [0.25, 0.3) is 0 Å². The van der Waals surface area contributed by atoms with E-state index in [-0.39, 0.29) is 6.03 Å². The van der Waals surface area contributed by atoms with Crippen LogP contribution in [0.5, 0.6) is 0 Å². The fraction of sp³-hybridized carbons (Fsp3) is 0.333. The third-order valence-electron chi connectivity index (χ3n) is 4.04. The van der Waals surface area contributed by atoms with Gasteiger partial charge in [-0.05, 0) is 24.0 Å². The highest BCUT2D eigenvalue weighted by Crippen LogP contribution is 2.23. The number of amides is 2. The molecule has 1 aromatic heterocycles. The zero-order chi connectivity index (χ0) is 16.8. The molecule has 1 saturated heterocycles. The molecule has 2 heterocycles. The topological polar surface area (TPSA) is 54.5 Å². The summed E-state index contributed by atoms with van der Waals surface area (Å²) in [6, 6.07) is 11.6. The van der Waals surface area contributed by atoms with Gasteiger partial charge in [-0.25, -0.2) is 4.79 Å². The maximum absolute atomic E-state index is 12.1. The minimum absolute atomic E-state index is 0.133. The van der Waals surface area contributed by atoms with Crippen molar-refractivity contribution in [1.82, 2.24) is 9.88 Å². The number of carbonyl (C=O) groups is 1. The number of pyridine rings is 1. The first-order chi connectivity index (χ1) is 11.7. The SMILES string of the molecule is O=C(Nc1cnccc1Cl)N1CC(CCOCc2ccccc2)C1. The summed E-state index contributed by atoms with van der Waals surface area (Å²) in [5, 5.41) is 3.27. The van der Waals surface area contributed by atoms with Crippen LogP contribution >= 0.6 is 11.6 Å². The van der Waals surface area contributed by atoms with Crippen molar-refractivity contribution in [2.24, 2.45) is 5.92 Å². The van der Waals surface area contributed by atoms with Crippen LogP contribution in [0.3, 0.4) is 0 Å². The second-order valence-electron chi connectivity index (χ2n) is 5.88. The molecular formula is C18H20ClN3O2. The Kier molecular flexibility index (Phi) is 5.67. The van der Waals surface area contributed by atoms with E-state index in [1.54, 1.807) is 23.4 Å². The Balaban J connectivity index is 1.32. The third kappa shape index (κ3) is 4.46. The van der Waals surface area contributed by atoms with Crippen molar-refractivity contribution in [2.75, 3.05) is 25.0 Å². The van der Waals surface area contributed by atoms with Crippen LogP contribution in [0.2, 0.25) is 5.02 Å². The Morgan fingerprint density at radius 1 is 1.29 bits per heavy atom. The van der Waals surface area contributed by atoms with Crippen molar-refractivity contribution in [3.8, 4) is 0 Å². The van der Waals surface area contributed by atoms with Gasteiger partial charge in [0.2, 0.25) is 0 Å². The summed E-state index contributed by atoms with van der Waals surface area (Å²) in [4.78, 5) is 17.8. The molecule has 1 aliphatic heterocycles. The molecule has 1 N–H and O–H groups in total. The average Bonchev–Trinajstić information content (AvgIpc) is 2.56. The Morgan fingerprint density at radius 3 is 2.83 bits per heavy atom. The molecule has 24 heavy (non-hydrogen) atoms. The highest BCUT2D eigenvalue weighted by Gasteiger charge is 2.30. The lowest BCUT2D eigenvalue weighted by molar-refractivity contribution is 0.0691. The number of likely N-dealkylation sites (tertiary alicyclic amines) is 1. The molecule has 126 valence electrons. The molecule has 0 unspecified atom stereocenters. The molecule has 1 fully saturated rings. The van der Waals surface area contributed by atoms with Gasteiger partial charge in [0, 0.05) is 25.9 Å². The van der Waals surface area contributed by atoms with Crippen molar-refractivity contribution in [3.63, 3.8) is 0 Å². The number of nitrogens with zero attached hydrogens (tertiary/aromatic N) is 2. The first kappa shape index (κ1) is 16.7. The van der Waals surface area contributed by atoms with Crippen LogP contribution in [0, 0.1) is 5.92 Å². The zero-order valence-corrected chi connectivity index (χ0v) is 14.1. The molecule has 0 radical (unpaired) electrons. The van der Waals surface area contributed by atoms with Crippen LogP contribution in [0.4, 0.5) is 10.5 Å². The monoisotopic (exact) mass is 345 g/mol. The molecule has 0 atom stereocenters. The summed E-state index contributed by atoms with van der Waals surface area (Å²) in [5.41, 5.74) is 1.72. The quantitative estimate of drug-likeness (QED) is 0.810. The molecule has 0 spiro atoms. The lowest BCUT2D eigenvalue weighted by Gasteiger charge is -2.39. The summed E-state index contributed by atoms with van der Waals surface area (Å²) in [7, 11) is 0. The van der Waals surface area contributed by atoms with E-state index in [4.69, 9.17) is 16.3 Å². The van der Waals surface area contributed by atoms with Crippen LogP contribution in [-0.2, 0) is 11.3 Å². The Morgan fingerprint density at radius 2 is 2.08 bits per heavy atom. The first-order valence-corrected chi connectivity index (χ1v) is 8.37. The number of rotatable bonds is 6. The summed E-state index contributed by atoms with van der Waals surface area (Å²) in [6.07, 6.45) is 4.10. The number of hydrogen-bond acceptors (Lipinski definition) is 3. The molecule has 0 saturated carbocycles. The molecule has 1 aliphatic rings. The average molecular weight is 346 g/mol. The largest absolute Gasteiger partial charge is 0.377 e. The zero-order valence-electron chi connectivity index (χ0n) is 13.3. The number of ether oxygens (including phenoxy) is 1. The fourth-order valence-electron chi connectivity index (χ4n) is 2.60. The van der Waals surface area contributed by atoms with Crippen molar-refractivity contribution >= 4 is 23.3 Å². The summed E-state index contributed by atoms with van der Waals surface area (Å²) in [6.45, 7) is 2.84. The van der Waals surface area contributed by atoms with E-state index in [9.17, 15) is 4.79 Å². The molecular weight excluding hydrogens is 326 g/mol. The number of aromatic nitrogens is 1. The predicted molar refractivity (Wildman–Crippen MR) is 94.0 cm³/mol. The molecule has 2 amide bonds. The highest BCUT2D eigenvalue weighted by molar-refractivity contribution is 6.33. The van der Waals surface area contributed by atoms with Gasteiger partial charge < -0.3 is 15.0 Å². The normalized spacial score (nSPS) is 14.3. The number of anilines is 1. The number of nitrogens with one attached hydrogen (secondary N) is 1. The maximum Gasteiger partial charge on any atom is 0.321 e. The van der Waals surface area contributed by atoms with E-state index < -0.39 is 0 Å². The van der Waals surface area contributed by atoms with Gasteiger partial charge in [0.25, 0.3) is 0 Å². The van der Waals surface area contributed by atoms with Crippen molar-refractivity contribution in [2.45, 2.75) is 13.0 Å². The fourth-order valence-corrected chi connectivity index (χ4v) is 2.75. The summed E-state index contributed by atoms with van der Waals surface area (Å²) >= 11 is 6.01. The van der Waals surface area contributed by atoms with Gasteiger partial charge in [-0.1, -0.05) is 41.9 Å². The third-order valence-corrected chi connectivity index (χ3v) is 4.37. The number of halogens is 1. The van der Waals surface area contributed by atoms with E-state index in [2.05, 4.69) is 22.4 Å². The van der Waals surface area contributed by atoms with E-state index >= 15 is 0 Å². The standard InChI is InChI=1S/C18H20ClN3O2/c19-16-6-8-20-10-17(16)21-18(23)22-11-15(12-22)7-9-24-13-14-4-2-1-3-5-14/h1-6,8,10,15H,7,9,11-13H2,(H,21,23). The van der Waals surface area contributed by atoms with Gasteiger partial charge >= 0.3 is 6.03 Å². The molecule has 0 bridgehead atoms. The van der Waals surface area contributed by atoms with Crippen LogP contribution in [0.15, 0.2) is 48.8 Å². The van der Waals surface area contributed by atoms with Crippen molar-refractivity contribution in [3.05, 3.63) is 59.4 Å². The van der Waals surface area contributed by atoms with Gasteiger partial charge in [0.05, 0.1) is 23.5 Å². The predicted octanol–water partition coefficient (Wildman–Crippen LogP) is 3.81. The van der Waals surface area contributed by atoms with E-state index in [0.717, 1.165) is 19.5 Å². The number of carbonyl (C=O) groups excluding carboxylic acids is 1. The first-order valence-electron chi connectivity index (χ1n) is 7.99. The smallest absolute Gasteiger partial charge is 0.321 e. The molecule has 6 heteroatoms. The van der Waals surface area contributed by atoms with E-state index in [1.807, 2.05) is 18.2 Å². The van der Waals surface area contributed by atoms with Crippen molar-refractivity contribution < 1.29 is 9.53 Å². The second-order valence-corrected chi connectivity index (χ2v) is 6.29. The lowest BCUT2D eigenvalue weighted by atomic mass is 9.97. The van der Waals surface area contributed by atoms with E-state index in [0.29, 0.717) is 29.8 Å². The van der Waals surface area contributed by atoms with Crippen LogP contribution in [-0.4, -0.2) is 35.6 Å². The van der Waals surface area contributed by atoms with Gasteiger partial charge in [-0.15, -0.1) is 0 Å². The number of urea groups is 1. The Bertz CT molecular complexity index is 675. The lowest BCUT2D eigenvalue weighted by Crippen LogP contribution is -2.51. The minimum Gasteiger partial charge on any atom is -0.377 e. The van der Waals surface area contributed by atoms with Gasteiger partial charge in [-0.3, -0.25) is 4.98 Å². The number of hydrogen-bond donors (Lipinski definition) is 1. The van der Waals surface area contributed by atoms with Gasteiger partial charge in [0.15, 0.2) is 0 Å². The molecule has 0 aliphatic carbocycles. The Hall–Kier alpha value is -2.11. The maximum atomic E-state index is 12.1.